The van der Waals surface area contributed by atoms with E-state index in [4.69, 9.17) is 4.74 Å². The molecular weight excluding hydrogens is 340 g/mol. The van der Waals surface area contributed by atoms with Crippen molar-refractivity contribution in [2.75, 3.05) is 13.2 Å². The van der Waals surface area contributed by atoms with Gasteiger partial charge in [0.2, 0.25) is 10.0 Å². The maximum Gasteiger partial charge on any atom is 0.354 e. The van der Waals surface area contributed by atoms with Crippen molar-refractivity contribution in [2.45, 2.75) is 31.7 Å². The second-order valence-electron chi connectivity index (χ2n) is 6.12. The molecule has 7 heteroatoms. The first-order chi connectivity index (χ1) is 11.9. The fourth-order valence-corrected chi connectivity index (χ4v) is 4.84. The van der Waals surface area contributed by atoms with Gasteiger partial charge in [-0.2, -0.15) is 4.31 Å². The second kappa shape index (κ2) is 6.65. The van der Waals surface area contributed by atoms with E-state index in [2.05, 4.69) is 0 Å². The molecule has 1 aromatic heterocycles. The lowest BCUT2D eigenvalue weighted by molar-refractivity contribution is 0.0515. The molecule has 0 bridgehead atoms. The summed E-state index contributed by atoms with van der Waals surface area (Å²) in [5, 5.41) is 0. The molecule has 0 atom stereocenters. The van der Waals surface area contributed by atoms with Gasteiger partial charge in [0, 0.05) is 25.8 Å². The lowest BCUT2D eigenvalue weighted by atomic mass is 10.0. The molecule has 25 heavy (non-hydrogen) atoms. The van der Waals surface area contributed by atoms with E-state index in [1.54, 1.807) is 25.5 Å². The van der Waals surface area contributed by atoms with Crippen molar-refractivity contribution in [1.29, 1.82) is 0 Å². The smallest absolute Gasteiger partial charge is 0.354 e. The molecule has 1 aromatic carbocycles. The van der Waals surface area contributed by atoms with E-state index >= 15 is 0 Å². The summed E-state index contributed by atoms with van der Waals surface area (Å²) in [5.74, 6) is -0.515. The second-order valence-corrected chi connectivity index (χ2v) is 8.02. The van der Waals surface area contributed by atoms with E-state index in [-0.39, 0.29) is 17.2 Å². The molecule has 0 radical (unpaired) electrons. The van der Waals surface area contributed by atoms with Crippen molar-refractivity contribution >= 4 is 16.0 Å². The van der Waals surface area contributed by atoms with E-state index in [1.165, 1.54) is 15.9 Å². The monoisotopic (exact) mass is 362 g/mol. The number of ether oxygens (including phenoxy) is 1. The minimum Gasteiger partial charge on any atom is -0.461 e. The predicted molar refractivity (Wildman–Crippen MR) is 93.8 cm³/mol. The molecule has 6 nitrogen and oxygen atoms in total. The Morgan fingerprint density at radius 2 is 1.92 bits per heavy atom. The molecule has 0 N–H and O–H groups in total. The van der Waals surface area contributed by atoms with Crippen LogP contribution in [-0.2, 0) is 34.8 Å². The number of carbonyl (C=O) groups excluding carboxylic acids is 1. The molecule has 2 heterocycles. The van der Waals surface area contributed by atoms with Crippen LogP contribution < -0.4 is 0 Å². The van der Waals surface area contributed by atoms with Gasteiger partial charge in [-0.3, -0.25) is 0 Å². The maximum atomic E-state index is 13.1. The van der Waals surface area contributed by atoms with Crippen LogP contribution in [0.3, 0.4) is 0 Å². The number of esters is 1. The first-order valence-corrected chi connectivity index (χ1v) is 9.70. The minimum atomic E-state index is -3.68. The molecule has 1 aliphatic heterocycles. The highest BCUT2D eigenvalue weighted by Gasteiger charge is 2.32. The average molecular weight is 362 g/mol. The summed E-state index contributed by atoms with van der Waals surface area (Å²) in [7, 11) is -2.01. The van der Waals surface area contributed by atoms with Crippen LogP contribution in [0.2, 0.25) is 0 Å². The largest absolute Gasteiger partial charge is 0.461 e. The Bertz CT molecular complexity index is 915. The summed E-state index contributed by atoms with van der Waals surface area (Å²) >= 11 is 0. The van der Waals surface area contributed by atoms with E-state index in [9.17, 15) is 13.2 Å². The van der Waals surface area contributed by atoms with Gasteiger partial charge in [-0.15, -0.1) is 0 Å². The molecule has 134 valence electrons. The quantitative estimate of drug-likeness (QED) is 0.783. The number of hydrogen-bond donors (Lipinski definition) is 0. The molecule has 1 aliphatic rings. The zero-order chi connectivity index (χ0) is 18.2. The third-order valence-corrected chi connectivity index (χ3v) is 6.65. The highest BCUT2D eigenvalue weighted by Crippen LogP contribution is 2.28. The average Bonchev–Trinajstić information content (AvgIpc) is 2.91. The normalized spacial score (nSPS) is 15.0. The third kappa shape index (κ3) is 3.09. The topological polar surface area (TPSA) is 68.6 Å². The van der Waals surface area contributed by atoms with E-state index < -0.39 is 16.0 Å². The SMILES string of the molecule is CCOC(=O)c1cc(S(=O)(=O)N2CCc3ccccc3C2)c(C)n1C. The standard InChI is InChI=1S/C18H22N2O4S/c1-4-24-18(21)16-11-17(13(2)19(16)3)25(22,23)20-10-9-14-7-5-6-8-15(14)12-20/h5-8,11H,4,9-10,12H2,1-3H3. The van der Waals surface area contributed by atoms with Crippen LogP contribution in [0, 0.1) is 6.92 Å². The Morgan fingerprint density at radius 3 is 2.60 bits per heavy atom. The number of benzene rings is 1. The van der Waals surface area contributed by atoms with Crippen LogP contribution >= 0.6 is 0 Å². The van der Waals surface area contributed by atoms with Crippen molar-refractivity contribution < 1.29 is 17.9 Å². The van der Waals surface area contributed by atoms with Crippen LogP contribution in [0.1, 0.15) is 34.2 Å². The summed E-state index contributed by atoms with van der Waals surface area (Å²) in [6.07, 6.45) is 0.687. The van der Waals surface area contributed by atoms with E-state index in [0.29, 0.717) is 25.2 Å². The molecule has 2 aromatic rings. The highest BCUT2D eigenvalue weighted by molar-refractivity contribution is 7.89. The Labute approximate surface area is 148 Å². The number of nitrogens with zero attached hydrogens (tertiary/aromatic N) is 2. The van der Waals surface area contributed by atoms with Crippen molar-refractivity contribution in [3.63, 3.8) is 0 Å². The van der Waals surface area contributed by atoms with Gasteiger partial charge in [0.25, 0.3) is 0 Å². The van der Waals surface area contributed by atoms with Crippen LogP contribution in [0.25, 0.3) is 0 Å². The summed E-state index contributed by atoms with van der Waals surface area (Å²) in [6, 6.07) is 9.30. The number of carbonyl (C=O) groups is 1. The number of sulfonamides is 1. The molecule has 0 spiro atoms. The van der Waals surface area contributed by atoms with Gasteiger partial charge in [0.1, 0.15) is 10.6 Å². The van der Waals surface area contributed by atoms with Crippen LogP contribution in [-0.4, -0.2) is 36.4 Å². The maximum absolute atomic E-state index is 13.1. The van der Waals surface area contributed by atoms with Crippen LogP contribution in [0.4, 0.5) is 0 Å². The fourth-order valence-electron chi connectivity index (χ4n) is 3.15. The summed E-state index contributed by atoms with van der Waals surface area (Å²) in [6.45, 7) is 4.45. The summed E-state index contributed by atoms with van der Waals surface area (Å²) in [5.41, 5.74) is 2.99. The van der Waals surface area contributed by atoms with Crippen molar-refractivity contribution in [1.82, 2.24) is 8.87 Å². The van der Waals surface area contributed by atoms with Gasteiger partial charge >= 0.3 is 5.97 Å². The number of hydrogen-bond acceptors (Lipinski definition) is 4. The Kier molecular flexibility index (Phi) is 4.71. The van der Waals surface area contributed by atoms with Gasteiger partial charge < -0.3 is 9.30 Å². The number of fused-ring (bicyclic) bond motifs is 1. The minimum absolute atomic E-state index is 0.164. The lowest BCUT2D eigenvalue weighted by Gasteiger charge is -2.28. The van der Waals surface area contributed by atoms with Gasteiger partial charge in [-0.25, -0.2) is 13.2 Å². The van der Waals surface area contributed by atoms with E-state index in [1.807, 2.05) is 24.3 Å². The fraction of sp³-hybridized carbons (Fsp3) is 0.389. The molecule has 0 saturated heterocycles. The molecular formula is C18H22N2O4S. The van der Waals surface area contributed by atoms with Gasteiger partial charge in [-0.1, -0.05) is 24.3 Å². The Morgan fingerprint density at radius 1 is 1.24 bits per heavy atom. The van der Waals surface area contributed by atoms with Crippen molar-refractivity contribution in [2.24, 2.45) is 7.05 Å². The van der Waals surface area contributed by atoms with Gasteiger partial charge in [0.15, 0.2) is 0 Å². The molecule has 3 rings (SSSR count). The molecule has 0 fully saturated rings. The predicted octanol–water partition coefficient (Wildman–Crippen LogP) is 2.26. The first-order valence-electron chi connectivity index (χ1n) is 8.26. The Hall–Kier alpha value is -2.12. The molecule has 0 amide bonds. The van der Waals surface area contributed by atoms with Crippen LogP contribution in [0.15, 0.2) is 35.2 Å². The molecule has 0 unspecified atom stereocenters. The molecule has 0 saturated carbocycles. The van der Waals surface area contributed by atoms with E-state index in [0.717, 1.165) is 5.56 Å². The first kappa shape index (κ1) is 17.7. The Balaban J connectivity index is 1.96. The van der Waals surface area contributed by atoms with Crippen LogP contribution in [0.5, 0.6) is 0 Å². The number of rotatable bonds is 4. The zero-order valence-electron chi connectivity index (χ0n) is 14.7. The highest BCUT2D eigenvalue weighted by atomic mass is 32.2. The summed E-state index contributed by atoms with van der Waals surface area (Å²) in [4.78, 5) is 12.2. The summed E-state index contributed by atoms with van der Waals surface area (Å²) < 4.78 is 34.3. The molecule has 0 aliphatic carbocycles. The lowest BCUT2D eigenvalue weighted by Crippen LogP contribution is -2.36. The zero-order valence-corrected chi connectivity index (χ0v) is 15.5. The van der Waals surface area contributed by atoms with Gasteiger partial charge in [0.05, 0.1) is 6.61 Å². The van der Waals surface area contributed by atoms with Gasteiger partial charge in [-0.05, 0) is 37.5 Å². The van der Waals surface area contributed by atoms with Crippen molar-refractivity contribution in [3.05, 3.63) is 52.8 Å². The number of aromatic nitrogens is 1. The third-order valence-electron chi connectivity index (χ3n) is 4.69. The van der Waals surface area contributed by atoms with Crippen molar-refractivity contribution in [3.8, 4) is 0 Å².